The Labute approximate surface area is 111 Å². The Morgan fingerprint density at radius 3 is 2.79 bits per heavy atom. The highest BCUT2D eigenvalue weighted by Crippen LogP contribution is 2.31. The molecule has 19 heavy (non-hydrogen) atoms. The van der Waals surface area contributed by atoms with Gasteiger partial charge in [-0.3, -0.25) is 9.36 Å². The summed E-state index contributed by atoms with van der Waals surface area (Å²) in [5, 5.41) is 13.4. The van der Waals surface area contributed by atoms with E-state index in [9.17, 15) is 4.79 Å². The summed E-state index contributed by atoms with van der Waals surface area (Å²) in [4.78, 5) is 15.0. The molecular weight excluding hydrogens is 244 g/mol. The minimum Gasteiger partial charge on any atom is -0.481 e. The van der Waals surface area contributed by atoms with Crippen LogP contribution in [0.5, 0.6) is 0 Å². The number of aliphatic carboxylic acids is 1. The third-order valence-corrected chi connectivity index (χ3v) is 3.88. The zero-order valence-corrected chi connectivity index (χ0v) is 11.0. The molecule has 0 aromatic carbocycles. The topological polar surface area (TPSA) is 72.4 Å². The van der Waals surface area contributed by atoms with E-state index < -0.39 is 5.97 Å². The maximum atomic E-state index is 10.7. The molecule has 1 aliphatic rings. The molecule has 0 amide bonds. The average molecular weight is 262 g/mol. The molecule has 0 aliphatic heterocycles. The van der Waals surface area contributed by atoms with Crippen LogP contribution >= 0.6 is 0 Å². The van der Waals surface area contributed by atoms with Crippen LogP contribution in [0.15, 0.2) is 6.20 Å². The lowest BCUT2D eigenvalue weighted by Crippen LogP contribution is -2.10. The molecule has 2 aromatic heterocycles. The lowest BCUT2D eigenvalue weighted by atomic mass is 9.89. The van der Waals surface area contributed by atoms with Gasteiger partial charge in [0.15, 0.2) is 0 Å². The molecule has 0 bridgehead atoms. The molecule has 0 radical (unpaired) electrons. The van der Waals surface area contributed by atoms with Gasteiger partial charge in [0.1, 0.15) is 5.82 Å². The zero-order chi connectivity index (χ0) is 13.4. The third kappa shape index (κ3) is 2.22. The van der Waals surface area contributed by atoms with Crippen LogP contribution in [0.3, 0.4) is 0 Å². The maximum absolute atomic E-state index is 10.7. The van der Waals surface area contributed by atoms with E-state index in [0.29, 0.717) is 11.6 Å². The number of imidazole rings is 1. The van der Waals surface area contributed by atoms with Gasteiger partial charge in [-0.15, -0.1) is 0 Å². The predicted molar refractivity (Wildman–Crippen MR) is 69.1 cm³/mol. The second-order valence-corrected chi connectivity index (χ2v) is 5.30. The molecule has 2 aromatic rings. The number of carbonyl (C=O) groups is 1. The fourth-order valence-electron chi connectivity index (χ4n) is 2.95. The molecule has 0 unspecified atom stereocenters. The molecule has 1 fully saturated rings. The molecule has 102 valence electrons. The molecule has 3 rings (SSSR count). The average Bonchev–Trinajstić information content (AvgIpc) is 2.90. The third-order valence-electron chi connectivity index (χ3n) is 3.88. The van der Waals surface area contributed by atoms with Crippen LogP contribution < -0.4 is 0 Å². The first kappa shape index (κ1) is 12.2. The number of nitrogens with zero attached hydrogens (tertiary/aromatic N) is 4. The summed E-state index contributed by atoms with van der Waals surface area (Å²) >= 11 is 0. The minimum atomic E-state index is -0.865. The quantitative estimate of drug-likeness (QED) is 0.914. The maximum Gasteiger partial charge on any atom is 0.309 e. The fraction of sp³-hybridized carbons (Fsp3) is 0.615. The van der Waals surface area contributed by atoms with Gasteiger partial charge in [-0.05, 0) is 12.8 Å². The molecule has 1 aliphatic carbocycles. The van der Waals surface area contributed by atoms with E-state index >= 15 is 0 Å². The second kappa shape index (κ2) is 4.68. The largest absolute Gasteiger partial charge is 0.481 e. The number of carboxylic acid groups (broad SMARTS) is 1. The van der Waals surface area contributed by atoms with Crippen molar-refractivity contribution >= 4 is 11.7 Å². The number of hydrogen-bond donors (Lipinski definition) is 1. The van der Waals surface area contributed by atoms with Gasteiger partial charge in [-0.2, -0.15) is 5.10 Å². The van der Waals surface area contributed by atoms with Gasteiger partial charge >= 0.3 is 5.97 Å². The second-order valence-electron chi connectivity index (χ2n) is 5.30. The van der Waals surface area contributed by atoms with Gasteiger partial charge < -0.3 is 5.11 Å². The molecule has 1 saturated carbocycles. The number of rotatable bonds is 3. The van der Waals surface area contributed by atoms with Crippen LogP contribution in [0.25, 0.3) is 5.78 Å². The van der Waals surface area contributed by atoms with Crippen molar-refractivity contribution in [3.8, 4) is 0 Å². The SMILES string of the molecule is Cn1c(C2CCCCC2)nn2cc(CC(=O)O)nc12. The van der Waals surface area contributed by atoms with E-state index in [1.54, 1.807) is 10.7 Å². The Morgan fingerprint density at radius 1 is 1.42 bits per heavy atom. The van der Waals surface area contributed by atoms with Gasteiger partial charge in [-0.25, -0.2) is 9.50 Å². The Bertz CT molecular complexity index is 607. The lowest BCUT2D eigenvalue weighted by molar-refractivity contribution is -0.136. The number of carboxylic acids is 1. The van der Waals surface area contributed by atoms with Crippen molar-refractivity contribution in [2.75, 3.05) is 0 Å². The van der Waals surface area contributed by atoms with Crippen molar-refractivity contribution in [3.63, 3.8) is 0 Å². The predicted octanol–water partition coefficient (Wildman–Crippen LogP) is 1.74. The number of hydrogen-bond acceptors (Lipinski definition) is 3. The fourth-order valence-corrected chi connectivity index (χ4v) is 2.95. The minimum absolute atomic E-state index is 0.0535. The van der Waals surface area contributed by atoms with E-state index in [1.807, 2.05) is 11.6 Å². The summed E-state index contributed by atoms with van der Waals surface area (Å²) in [6.45, 7) is 0. The molecule has 2 heterocycles. The summed E-state index contributed by atoms with van der Waals surface area (Å²) < 4.78 is 3.71. The van der Waals surface area contributed by atoms with Gasteiger partial charge in [0.2, 0.25) is 5.78 Å². The van der Waals surface area contributed by atoms with E-state index in [4.69, 9.17) is 5.11 Å². The first-order valence-corrected chi connectivity index (χ1v) is 6.78. The van der Waals surface area contributed by atoms with Crippen molar-refractivity contribution in [1.29, 1.82) is 0 Å². The van der Waals surface area contributed by atoms with Gasteiger partial charge in [0.25, 0.3) is 0 Å². The Morgan fingerprint density at radius 2 is 2.16 bits per heavy atom. The molecule has 0 spiro atoms. The summed E-state index contributed by atoms with van der Waals surface area (Å²) in [5.41, 5.74) is 0.556. The van der Waals surface area contributed by atoms with E-state index in [0.717, 1.165) is 11.6 Å². The normalized spacial score (nSPS) is 17.1. The first-order valence-electron chi connectivity index (χ1n) is 6.78. The zero-order valence-electron chi connectivity index (χ0n) is 11.0. The highest BCUT2D eigenvalue weighted by atomic mass is 16.4. The van der Waals surface area contributed by atoms with E-state index in [2.05, 4.69) is 10.1 Å². The number of fused-ring (bicyclic) bond motifs is 1. The van der Waals surface area contributed by atoms with E-state index in [-0.39, 0.29) is 6.42 Å². The molecule has 6 nitrogen and oxygen atoms in total. The van der Waals surface area contributed by atoms with Gasteiger partial charge in [0, 0.05) is 13.0 Å². The van der Waals surface area contributed by atoms with Crippen LogP contribution in [0.2, 0.25) is 0 Å². The molecule has 6 heteroatoms. The summed E-state index contributed by atoms with van der Waals surface area (Å²) in [7, 11) is 1.96. The van der Waals surface area contributed by atoms with Crippen LogP contribution in [0, 0.1) is 0 Å². The standard InChI is InChI=1S/C13H18N4O2/c1-16-12(9-5-3-2-4-6-9)15-17-8-10(7-11(18)19)14-13(16)17/h8-9H,2-7H2,1H3,(H,18,19). The van der Waals surface area contributed by atoms with E-state index in [1.165, 1.54) is 32.1 Å². The monoisotopic (exact) mass is 262 g/mol. The molecule has 1 N–H and O–H groups in total. The summed E-state index contributed by atoms with van der Waals surface area (Å²) in [5.74, 6) is 1.46. The highest BCUT2D eigenvalue weighted by Gasteiger charge is 2.22. The van der Waals surface area contributed by atoms with Crippen molar-refractivity contribution in [1.82, 2.24) is 19.2 Å². The highest BCUT2D eigenvalue weighted by molar-refractivity contribution is 5.69. The van der Waals surface area contributed by atoms with Crippen LogP contribution in [-0.4, -0.2) is 30.2 Å². The molecular formula is C13H18N4O2. The van der Waals surface area contributed by atoms with Crippen LogP contribution in [0.4, 0.5) is 0 Å². The molecule has 0 atom stereocenters. The van der Waals surface area contributed by atoms with Crippen molar-refractivity contribution in [3.05, 3.63) is 17.7 Å². The van der Waals surface area contributed by atoms with Gasteiger partial charge in [-0.1, -0.05) is 19.3 Å². The first-order chi connectivity index (χ1) is 9.15. The Kier molecular flexibility index (Phi) is 3.00. The number of aryl methyl sites for hydroxylation is 1. The van der Waals surface area contributed by atoms with Crippen LogP contribution in [-0.2, 0) is 18.3 Å². The summed E-state index contributed by atoms with van der Waals surface area (Å²) in [6, 6.07) is 0. The Balaban J connectivity index is 1.92. The van der Waals surface area contributed by atoms with Gasteiger partial charge in [0.05, 0.1) is 18.3 Å². The van der Waals surface area contributed by atoms with Crippen molar-refractivity contribution < 1.29 is 9.90 Å². The summed E-state index contributed by atoms with van der Waals surface area (Å²) in [6.07, 6.45) is 7.90. The Hall–Kier alpha value is -1.85. The van der Waals surface area contributed by atoms with Crippen molar-refractivity contribution in [2.24, 2.45) is 7.05 Å². The van der Waals surface area contributed by atoms with Crippen LogP contribution in [0.1, 0.15) is 49.5 Å². The van der Waals surface area contributed by atoms with Crippen molar-refractivity contribution in [2.45, 2.75) is 44.4 Å². The lowest BCUT2D eigenvalue weighted by Gasteiger charge is -2.20. The molecule has 0 saturated heterocycles. The number of aromatic nitrogens is 4. The smallest absolute Gasteiger partial charge is 0.309 e.